The maximum absolute atomic E-state index is 13.5. The van der Waals surface area contributed by atoms with Crippen LogP contribution in [0.15, 0.2) is 53.7 Å². The van der Waals surface area contributed by atoms with Gasteiger partial charge in [-0.1, -0.05) is 35.0 Å². The van der Waals surface area contributed by atoms with Crippen LogP contribution in [0, 0.1) is 36.5 Å². The van der Waals surface area contributed by atoms with Crippen molar-refractivity contribution in [2.45, 2.75) is 26.4 Å². The number of amides is 2. The van der Waals surface area contributed by atoms with Gasteiger partial charge >= 0.3 is 5.97 Å². The third-order valence-corrected chi connectivity index (χ3v) is 7.67. The maximum atomic E-state index is 13.5. The van der Waals surface area contributed by atoms with Crippen LogP contribution in [0.4, 0.5) is 5.69 Å². The minimum absolute atomic E-state index is 0.0167. The van der Waals surface area contributed by atoms with Crippen molar-refractivity contribution in [2.24, 2.45) is 34.7 Å². The van der Waals surface area contributed by atoms with E-state index in [9.17, 15) is 14.4 Å². The summed E-state index contributed by atoms with van der Waals surface area (Å²) < 4.78 is 5.02. The van der Waals surface area contributed by atoms with E-state index in [2.05, 4.69) is 5.16 Å². The summed E-state index contributed by atoms with van der Waals surface area (Å²) in [7, 11) is 0. The Balaban J connectivity index is 1.28. The van der Waals surface area contributed by atoms with E-state index >= 15 is 0 Å². The third-order valence-electron chi connectivity index (χ3n) is 7.67. The molecule has 33 heavy (non-hydrogen) atoms. The van der Waals surface area contributed by atoms with Gasteiger partial charge in [0.05, 0.1) is 35.4 Å². The highest BCUT2D eigenvalue weighted by atomic mass is 16.6. The molecule has 0 N–H and O–H groups in total. The van der Waals surface area contributed by atoms with Gasteiger partial charge in [0.25, 0.3) is 0 Å². The van der Waals surface area contributed by atoms with E-state index in [0.717, 1.165) is 17.7 Å². The molecule has 6 rings (SSSR count). The lowest BCUT2D eigenvalue weighted by Crippen LogP contribution is -2.41. The number of nitrogens with zero attached hydrogens (tertiary/aromatic N) is 2. The molecule has 4 aliphatic rings. The lowest BCUT2D eigenvalue weighted by molar-refractivity contribution is -0.125. The number of hydrogen-bond donors (Lipinski definition) is 0. The monoisotopic (exact) mass is 444 g/mol. The topological polar surface area (TPSA) is 85.3 Å². The number of fused-ring (bicyclic) bond motifs is 8. The second kappa shape index (κ2) is 7.27. The second-order valence-electron chi connectivity index (χ2n) is 9.33. The minimum Gasteiger partial charge on any atom is -0.462 e. The molecule has 0 spiro atoms. The summed E-state index contributed by atoms with van der Waals surface area (Å²) in [5.74, 6) is -1.44. The third kappa shape index (κ3) is 2.81. The molecule has 2 aliphatic carbocycles. The fourth-order valence-corrected chi connectivity index (χ4v) is 6.30. The number of esters is 1. The lowest BCUT2D eigenvalue weighted by atomic mass is 9.71. The Morgan fingerprint density at radius 3 is 2.33 bits per heavy atom. The van der Waals surface area contributed by atoms with E-state index in [4.69, 9.17) is 9.57 Å². The van der Waals surface area contributed by atoms with Gasteiger partial charge in [0, 0.05) is 11.8 Å². The molecule has 7 heteroatoms. The first-order valence-corrected chi connectivity index (χ1v) is 11.5. The van der Waals surface area contributed by atoms with Crippen molar-refractivity contribution in [1.82, 2.24) is 0 Å². The number of ether oxygens (including phenoxy) is 1. The number of carbonyl (C=O) groups is 3. The Kier molecular flexibility index (Phi) is 4.44. The summed E-state index contributed by atoms with van der Waals surface area (Å²) in [4.78, 5) is 46.0. The van der Waals surface area contributed by atoms with E-state index in [1.807, 2.05) is 31.2 Å². The van der Waals surface area contributed by atoms with Gasteiger partial charge in [0.15, 0.2) is 0 Å². The van der Waals surface area contributed by atoms with Crippen molar-refractivity contribution in [1.29, 1.82) is 0 Å². The standard InChI is InChI=1S/C26H24N2O5/c1-3-32-26(31)15-8-10-16(11-9-15)28-24(29)19-17-12-18(20(19)25(28)30)23-21(17)22(27-33-23)14-6-4-13(2)5-7-14/h4-11,17-21,23H,3,12H2,1-2H3/t17-,18-,19-,20-,21-,23-/m1/s1. The van der Waals surface area contributed by atoms with E-state index in [0.29, 0.717) is 11.3 Å². The van der Waals surface area contributed by atoms with Crippen LogP contribution >= 0.6 is 0 Å². The first kappa shape index (κ1) is 20.1. The largest absolute Gasteiger partial charge is 0.462 e. The number of anilines is 1. The first-order valence-electron chi connectivity index (χ1n) is 11.5. The molecule has 0 unspecified atom stereocenters. The maximum Gasteiger partial charge on any atom is 0.338 e. The molecule has 168 valence electrons. The Labute approximate surface area is 191 Å². The van der Waals surface area contributed by atoms with Gasteiger partial charge in [0.2, 0.25) is 11.8 Å². The number of carbonyl (C=O) groups excluding carboxylic acids is 3. The van der Waals surface area contributed by atoms with Gasteiger partial charge < -0.3 is 9.57 Å². The number of aryl methyl sites for hydroxylation is 1. The molecule has 0 radical (unpaired) electrons. The first-order chi connectivity index (χ1) is 16.0. The summed E-state index contributed by atoms with van der Waals surface area (Å²) in [6.07, 6.45) is 0.651. The Morgan fingerprint density at radius 1 is 1.00 bits per heavy atom. The van der Waals surface area contributed by atoms with Crippen LogP contribution in [0.25, 0.3) is 0 Å². The normalized spacial score (nSPS) is 31.3. The second-order valence-corrected chi connectivity index (χ2v) is 9.33. The minimum atomic E-state index is -0.425. The molecule has 3 fully saturated rings. The fourth-order valence-electron chi connectivity index (χ4n) is 6.30. The van der Waals surface area contributed by atoms with Crippen LogP contribution in [0.2, 0.25) is 0 Å². The number of oxime groups is 1. The Bertz CT molecular complexity index is 1190. The van der Waals surface area contributed by atoms with Gasteiger partial charge in [0.1, 0.15) is 6.10 Å². The zero-order valence-electron chi connectivity index (χ0n) is 18.4. The van der Waals surface area contributed by atoms with Crippen molar-refractivity contribution >= 4 is 29.2 Å². The zero-order chi connectivity index (χ0) is 22.9. The summed E-state index contributed by atoms with van der Waals surface area (Å²) in [6.45, 7) is 4.07. The summed E-state index contributed by atoms with van der Waals surface area (Å²) in [5.41, 5.74) is 3.96. The van der Waals surface area contributed by atoms with Gasteiger partial charge in [-0.25, -0.2) is 4.79 Å². The summed E-state index contributed by atoms with van der Waals surface area (Å²) in [5, 5.41) is 4.39. The van der Waals surface area contributed by atoms with Crippen LogP contribution in [0.3, 0.4) is 0 Å². The lowest BCUT2D eigenvalue weighted by Gasteiger charge is -2.29. The molecule has 2 heterocycles. The van der Waals surface area contributed by atoms with Crippen LogP contribution in [-0.4, -0.2) is 36.2 Å². The van der Waals surface area contributed by atoms with Crippen molar-refractivity contribution in [3.8, 4) is 0 Å². The van der Waals surface area contributed by atoms with E-state index in [-0.39, 0.29) is 54.1 Å². The van der Waals surface area contributed by atoms with Crippen molar-refractivity contribution in [3.05, 3.63) is 65.2 Å². The molecular weight excluding hydrogens is 420 g/mol. The van der Waals surface area contributed by atoms with Crippen LogP contribution in [0.1, 0.15) is 34.8 Å². The van der Waals surface area contributed by atoms with Crippen molar-refractivity contribution in [2.75, 3.05) is 11.5 Å². The average molecular weight is 444 g/mol. The quantitative estimate of drug-likeness (QED) is 0.533. The molecule has 2 aromatic rings. The number of benzene rings is 2. The SMILES string of the molecule is CCOC(=O)c1ccc(N2C(=O)[C@@H]3[C@H]4C[C@@H]([C@H]5ON=C(c6ccc(C)cc6)[C@@H]45)[C@H]3C2=O)cc1. The van der Waals surface area contributed by atoms with Gasteiger partial charge in [-0.15, -0.1) is 0 Å². The highest BCUT2D eigenvalue weighted by Gasteiger charge is 2.70. The van der Waals surface area contributed by atoms with E-state index in [1.54, 1.807) is 31.2 Å². The fraction of sp³-hybridized carbons (Fsp3) is 0.385. The molecule has 7 nitrogen and oxygen atoms in total. The Morgan fingerprint density at radius 2 is 1.67 bits per heavy atom. The van der Waals surface area contributed by atoms with E-state index in [1.165, 1.54) is 10.5 Å². The molecule has 0 aromatic heterocycles. The summed E-state index contributed by atoms with van der Waals surface area (Å²) >= 11 is 0. The van der Waals surface area contributed by atoms with Crippen LogP contribution in [-0.2, 0) is 19.2 Å². The molecule has 1 saturated heterocycles. The smallest absolute Gasteiger partial charge is 0.338 e. The molecule has 2 aromatic carbocycles. The highest BCUT2D eigenvalue weighted by Crippen LogP contribution is 2.62. The molecule has 2 aliphatic heterocycles. The van der Waals surface area contributed by atoms with Gasteiger partial charge in [-0.3, -0.25) is 14.5 Å². The molecule has 6 atom stereocenters. The molecule has 2 amide bonds. The van der Waals surface area contributed by atoms with Crippen LogP contribution < -0.4 is 4.90 Å². The molecule has 2 bridgehead atoms. The van der Waals surface area contributed by atoms with Crippen LogP contribution in [0.5, 0.6) is 0 Å². The summed E-state index contributed by atoms with van der Waals surface area (Å²) in [6, 6.07) is 14.7. The highest BCUT2D eigenvalue weighted by molar-refractivity contribution is 6.23. The van der Waals surface area contributed by atoms with Crippen molar-refractivity contribution in [3.63, 3.8) is 0 Å². The number of rotatable bonds is 4. The van der Waals surface area contributed by atoms with Gasteiger partial charge in [-0.2, -0.15) is 0 Å². The van der Waals surface area contributed by atoms with E-state index < -0.39 is 5.97 Å². The van der Waals surface area contributed by atoms with Gasteiger partial charge in [-0.05, 0) is 56.0 Å². The molecule has 2 saturated carbocycles. The van der Waals surface area contributed by atoms with Crippen molar-refractivity contribution < 1.29 is 24.0 Å². The average Bonchev–Trinajstić information content (AvgIpc) is 3.55. The predicted octanol–water partition coefficient (Wildman–Crippen LogP) is 3.35. The number of imide groups is 1. The molecular formula is C26H24N2O5. The predicted molar refractivity (Wildman–Crippen MR) is 120 cm³/mol. The Hall–Kier alpha value is -3.48. The number of hydrogen-bond acceptors (Lipinski definition) is 6. The zero-order valence-corrected chi connectivity index (χ0v) is 18.4.